The number of carbonyl (C=O) groups excluding carboxylic acids is 1. The van der Waals surface area contributed by atoms with E-state index in [9.17, 15) is 36.9 Å². The second-order valence-electron chi connectivity index (χ2n) is 3.22. The summed E-state index contributed by atoms with van der Waals surface area (Å²) < 4.78 is 64.4. The van der Waals surface area contributed by atoms with E-state index in [1.165, 1.54) is 0 Å². The lowest BCUT2D eigenvalue weighted by molar-refractivity contribution is -0.386. The minimum absolute atomic E-state index is 0.0166. The lowest BCUT2D eigenvalue weighted by atomic mass is 10.1. The van der Waals surface area contributed by atoms with E-state index >= 15 is 0 Å². The maximum Gasteiger partial charge on any atom is 0.574 e. The largest absolute Gasteiger partial charge is 0.574 e. The smallest absolute Gasteiger partial charge is 0.388 e. The zero-order valence-electron chi connectivity index (χ0n) is 9.15. The second kappa shape index (κ2) is 5.22. The van der Waals surface area contributed by atoms with Gasteiger partial charge in [-0.25, -0.2) is 13.8 Å². The third-order valence-electron chi connectivity index (χ3n) is 1.87. The van der Waals surface area contributed by atoms with E-state index in [0.717, 1.165) is 0 Å². The van der Waals surface area contributed by atoms with Crippen LogP contribution in [0, 0.1) is 10.1 Å². The zero-order valence-corrected chi connectivity index (χ0v) is 9.15. The van der Waals surface area contributed by atoms with Gasteiger partial charge in [-0.05, 0) is 0 Å². The number of rotatable bonds is 4. The van der Waals surface area contributed by atoms with Gasteiger partial charge in [0, 0.05) is 6.07 Å². The number of aromatic nitrogens is 1. The maximum absolute atomic E-state index is 12.6. The SMILES string of the molecule is NC(=O)c1nc(OC(F)(F)F)cc(C(F)F)c1[N+](=O)[O-]. The molecule has 1 aromatic heterocycles. The van der Waals surface area contributed by atoms with E-state index in [-0.39, 0.29) is 6.07 Å². The normalized spacial score (nSPS) is 11.5. The van der Waals surface area contributed by atoms with Crippen molar-refractivity contribution in [2.24, 2.45) is 5.73 Å². The Bertz CT molecular complexity index is 560. The number of hydrogen-bond acceptors (Lipinski definition) is 5. The molecule has 0 atom stereocenters. The lowest BCUT2D eigenvalue weighted by Gasteiger charge is -2.11. The summed E-state index contributed by atoms with van der Waals surface area (Å²) in [7, 11) is 0. The fourth-order valence-electron chi connectivity index (χ4n) is 1.23. The van der Waals surface area contributed by atoms with Crippen LogP contribution in [0.2, 0.25) is 0 Å². The quantitative estimate of drug-likeness (QED) is 0.519. The molecule has 1 rings (SSSR count). The number of ether oxygens (including phenoxy) is 1. The molecule has 0 saturated heterocycles. The van der Waals surface area contributed by atoms with Crippen LogP contribution in [0.1, 0.15) is 22.5 Å². The van der Waals surface area contributed by atoms with Crippen LogP contribution < -0.4 is 10.5 Å². The molecular weight excluding hydrogens is 297 g/mol. The zero-order chi connectivity index (χ0) is 15.7. The van der Waals surface area contributed by atoms with Crippen LogP contribution in [0.15, 0.2) is 6.07 Å². The minimum atomic E-state index is -5.28. The Morgan fingerprint density at radius 1 is 1.45 bits per heavy atom. The Morgan fingerprint density at radius 3 is 2.35 bits per heavy atom. The lowest BCUT2D eigenvalue weighted by Crippen LogP contribution is -2.21. The molecule has 2 N–H and O–H groups in total. The molecule has 1 heterocycles. The van der Waals surface area contributed by atoms with E-state index in [2.05, 4.69) is 15.5 Å². The molecule has 12 heteroatoms. The summed E-state index contributed by atoms with van der Waals surface area (Å²) in [6.45, 7) is 0. The molecule has 0 aliphatic heterocycles. The van der Waals surface area contributed by atoms with Crippen LogP contribution in [-0.4, -0.2) is 22.2 Å². The van der Waals surface area contributed by atoms with Crippen LogP contribution >= 0.6 is 0 Å². The molecule has 0 fully saturated rings. The molecule has 0 aromatic carbocycles. The predicted octanol–water partition coefficient (Wildman–Crippen LogP) is 1.92. The molecular formula is C8H4F5N3O4. The van der Waals surface area contributed by atoms with Crippen molar-refractivity contribution in [2.45, 2.75) is 12.8 Å². The van der Waals surface area contributed by atoms with Crippen LogP contribution in [0.5, 0.6) is 5.88 Å². The topological polar surface area (TPSA) is 108 Å². The van der Waals surface area contributed by atoms with Crippen LogP contribution in [0.3, 0.4) is 0 Å². The summed E-state index contributed by atoms with van der Waals surface area (Å²) in [6, 6.07) is 0.0166. The third kappa shape index (κ3) is 3.49. The number of carbonyl (C=O) groups is 1. The first-order chi connectivity index (χ1) is 9.03. The average molecular weight is 301 g/mol. The minimum Gasteiger partial charge on any atom is -0.388 e. The number of hydrogen-bond donors (Lipinski definition) is 1. The van der Waals surface area contributed by atoms with Crippen LogP contribution in [-0.2, 0) is 0 Å². The number of nitrogens with zero attached hydrogens (tertiary/aromatic N) is 2. The van der Waals surface area contributed by atoms with E-state index in [4.69, 9.17) is 0 Å². The molecule has 0 aliphatic rings. The molecule has 1 aromatic rings. The molecule has 0 aliphatic carbocycles. The van der Waals surface area contributed by atoms with Crippen molar-refractivity contribution in [3.05, 3.63) is 27.4 Å². The van der Waals surface area contributed by atoms with Gasteiger partial charge in [-0.2, -0.15) is 0 Å². The van der Waals surface area contributed by atoms with Gasteiger partial charge in [0.2, 0.25) is 11.6 Å². The number of halogens is 5. The summed E-state index contributed by atoms with van der Waals surface area (Å²) in [4.78, 5) is 22.9. The molecule has 0 spiro atoms. The highest BCUT2D eigenvalue weighted by Gasteiger charge is 2.36. The first kappa shape index (κ1) is 15.5. The first-order valence-corrected chi connectivity index (χ1v) is 4.56. The first-order valence-electron chi connectivity index (χ1n) is 4.56. The van der Waals surface area contributed by atoms with Gasteiger partial charge in [-0.3, -0.25) is 14.9 Å². The van der Waals surface area contributed by atoms with Gasteiger partial charge in [-0.1, -0.05) is 0 Å². The molecule has 0 unspecified atom stereocenters. The van der Waals surface area contributed by atoms with Gasteiger partial charge in [-0.15, -0.1) is 13.2 Å². The molecule has 0 bridgehead atoms. The summed E-state index contributed by atoms with van der Waals surface area (Å²) >= 11 is 0. The van der Waals surface area contributed by atoms with Crippen LogP contribution in [0.4, 0.5) is 27.6 Å². The monoisotopic (exact) mass is 301 g/mol. The number of nitrogens with two attached hydrogens (primary N) is 1. The van der Waals surface area contributed by atoms with E-state index in [1.54, 1.807) is 0 Å². The summed E-state index contributed by atoms with van der Waals surface area (Å²) in [5.74, 6) is -3.10. The summed E-state index contributed by atoms with van der Waals surface area (Å²) in [6.07, 6.45) is -8.82. The predicted molar refractivity (Wildman–Crippen MR) is 51.0 cm³/mol. The summed E-state index contributed by atoms with van der Waals surface area (Å²) in [5.41, 5.74) is 0.381. The Hall–Kier alpha value is -2.53. The fraction of sp³-hybridized carbons (Fsp3) is 0.250. The number of alkyl halides is 5. The molecule has 1 amide bonds. The van der Waals surface area contributed by atoms with E-state index in [1.807, 2.05) is 0 Å². The van der Waals surface area contributed by atoms with Crippen molar-refractivity contribution in [3.8, 4) is 5.88 Å². The van der Waals surface area contributed by atoms with Gasteiger partial charge in [0.15, 0.2) is 0 Å². The highest BCUT2D eigenvalue weighted by molar-refractivity contribution is 5.95. The van der Waals surface area contributed by atoms with Crippen molar-refractivity contribution < 1.29 is 36.4 Å². The number of nitro groups is 1. The van der Waals surface area contributed by atoms with Gasteiger partial charge in [0.05, 0.1) is 4.92 Å². The Labute approximate surface area is 106 Å². The Kier molecular flexibility index (Phi) is 4.06. The average Bonchev–Trinajstić information content (AvgIpc) is 2.24. The number of pyridine rings is 1. The van der Waals surface area contributed by atoms with Crippen molar-refractivity contribution in [1.29, 1.82) is 0 Å². The highest BCUT2D eigenvalue weighted by Crippen LogP contribution is 2.35. The van der Waals surface area contributed by atoms with Crippen molar-refractivity contribution in [2.75, 3.05) is 0 Å². The van der Waals surface area contributed by atoms with Crippen molar-refractivity contribution >= 4 is 11.6 Å². The molecule has 110 valence electrons. The van der Waals surface area contributed by atoms with Gasteiger partial charge >= 0.3 is 12.0 Å². The van der Waals surface area contributed by atoms with E-state index < -0.39 is 46.4 Å². The van der Waals surface area contributed by atoms with E-state index in [0.29, 0.717) is 0 Å². The van der Waals surface area contributed by atoms with Gasteiger partial charge in [0.1, 0.15) is 5.56 Å². The summed E-state index contributed by atoms with van der Waals surface area (Å²) in [5, 5.41) is 10.6. The Balaban J connectivity index is 3.54. The highest BCUT2D eigenvalue weighted by atomic mass is 19.4. The standard InChI is InChI=1S/C8H4F5N3O4/c9-6(10)2-1-3(20-8(11,12)13)15-4(7(14)17)5(2)16(18)19/h1,6H,(H2,14,17). The van der Waals surface area contributed by atoms with Gasteiger partial charge in [0.25, 0.3) is 12.3 Å². The third-order valence-corrected chi connectivity index (χ3v) is 1.87. The Morgan fingerprint density at radius 2 is 2.00 bits per heavy atom. The van der Waals surface area contributed by atoms with Crippen molar-refractivity contribution in [3.63, 3.8) is 0 Å². The fourth-order valence-corrected chi connectivity index (χ4v) is 1.23. The van der Waals surface area contributed by atoms with Crippen molar-refractivity contribution in [1.82, 2.24) is 4.98 Å². The second-order valence-corrected chi connectivity index (χ2v) is 3.22. The number of primary amides is 1. The maximum atomic E-state index is 12.6. The molecule has 0 radical (unpaired) electrons. The van der Waals surface area contributed by atoms with Crippen LogP contribution in [0.25, 0.3) is 0 Å². The molecule has 20 heavy (non-hydrogen) atoms. The molecule has 0 saturated carbocycles. The van der Waals surface area contributed by atoms with Gasteiger partial charge < -0.3 is 10.5 Å². The number of amides is 1. The molecule has 7 nitrogen and oxygen atoms in total.